The van der Waals surface area contributed by atoms with E-state index in [1.807, 2.05) is 12.1 Å². The topological polar surface area (TPSA) is 94.1 Å². The number of non-ortho nitro benzene ring substituents is 1. The number of aromatic nitrogens is 2. The molecule has 0 aliphatic carbocycles. The van der Waals surface area contributed by atoms with E-state index in [-0.39, 0.29) is 5.69 Å². The Kier molecular flexibility index (Phi) is 3.46. The first kappa shape index (κ1) is 13.0. The summed E-state index contributed by atoms with van der Waals surface area (Å²) < 4.78 is 5.45. The van der Waals surface area contributed by atoms with Gasteiger partial charge in [0.15, 0.2) is 5.58 Å². The van der Waals surface area contributed by atoms with Crippen molar-refractivity contribution in [1.82, 2.24) is 9.97 Å². The standard InChI is InChI=1S/C14H12N4O3/c19-18(20)11-3-4-12-13(8-11)21-14(17-12)16-7-5-10-2-1-6-15-9-10/h1-4,6,8-9H,5,7H2,(H,16,17). The smallest absolute Gasteiger partial charge is 0.295 e. The Hall–Kier alpha value is -2.96. The molecule has 3 aromatic rings. The summed E-state index contributed by atoms with van der Waals surface area (Å²) in [5.74, 6) is 0. The number of anilines is 1. The Bertz CT molecular complexity index is 770. The number of rotatable bonds is 5. The Balaban J connectivity index is 1.68. The monoisotopic (exact) mass is 284 g/mol. The number of pyridine rings is 1. The normalized spacial score (nSPS) is 10.7. The molecule has 2 aromatic heterocycles. The van der Waals surface area contributed by atoms with Crippen LogP contribution in [0.2, 0.25) is 0 Å². The first-order chi connectivity index (χ1) is 10.2. The first-order valence-electron chi connectivity index (χ1n) is 6.40. The zero-order chi connectivity index (χ0) is 14.7. The van der Waals surface area contributed by atoms with Gasteiger partial charge in [0.05, 0.1) is 11.0 Å². The molecule has 1 aromatic carbocycles. The van der Waals surface area contributed by atoms with Crippen molar-refractivity contribution in [2.24, 2.45) is 0 Å². The lowest BCUT2D eigenvalue weighted by atomic mass is 10.2. The van der Waals surface area contributed by atoms with Gasteiger partial charge in [0, 0.05) is 25.0 Å². The summed E-state index contributed by atoms with van der Waals surface area (Å²) in [5, 5.41) is 13.8. The molecule has 0 radical (unpaired) electrons. The number of hydrogen-bond donors (Lipinski definition) is 1. The highest BCUT2D eigenvalue weighted by molar-refractivity contribution is 5.77. The largest absolute Gasteiger partial charge is 0.423 e. The number of nitro benzene ring substituents is 1. The maximum absolute atomic E-state index is 10.7. The maximum Gasteiger partial charge on any atom is 0.295 e. The van der Waals surface area contributed by atoms with Gasteiger partial charge in [-0.2, -0.15) is 4.98 Å². The quantitative estimate of drug-likeness (QED) is 0.572. The molecule has 0 atom stereocenters. The summed E-state index contributed by atoms with van der Waals surface area (Å²) in [6.45, 7) is 0.639. The molecule has 0 saturated carbocycles. The molecular weight excluding hydrogens is 272 g/mol. The summed E-state index contributed by atoms with van der Waals surface area (Å²) >= 11 is 0. The van der Waals surface area contributed by atoms with E-state index in [0.717, 1.165) is 12.0 Å². The summed E-state index contributed by atoms with van der Waals surface area (Å²) in [6, 6.07) is 8.58. The van der Waals surface area contributed by atoms with Crippen molar-refractivity contribution in [3.8, 4) is 0 Å². The first-order valence-corrected chi connectivity index (χ1v) is 6.40. The van der Waals surface area contributed by atoms with Crippen molar-refractivity contribution in [3.63, 3.8) is 0 Å². The molecule has 3 rings (SSSR count). The number of nitrogens with one attached hydrogen (secondary N) is 1. The van der Waals surface area contributed by atoms with Crippen LogP contribution in [0.3, 0.4) is 0 Å². The summed E-state index contributed by atoms with van der Waals surface area (Å²) in [4.78, 5) is 18.5. The molecule has 2 heterocycles. The van der Waals surface area contributed by atoms with Crippen LogP contribution in [0, 0.1) is 10.1 Å². The van der Waals surface area contributed by atoms with E-state index in [2.05, 4.69) is 15.3 Å². The molecule has 0 aliphatic heterocycles. The molecule has 0 spiro atoms. The summed E-state index contributed by atoms with van der Waals surface area (Å²) in [6.07, 6.45) is 4.31. The Labute approximate surface area is 119 Å². The van der Waals surface area contributed by atoms with E-state index in [1.54, 1.807) is 18.5 Å². The molecule has 106 valence electrons. The van der Waals surface area contributed by atoms with Gasteiger partial charge in [0.2, 0.25) is 0 Å². The number of nitro groups is 1. The second-order valence-corrected chi connectivity index (χ2v) is 4.47. The summed E-state index contributed by atoms with van der Waals surface area (Å²) in [5.41, 5.74) is 2.08. The third kappa shape index (κ3) is 2.97. The zero-order valence-corrected chi connectivity index (χ0v) is 11.0. The number of oxazole rings is 1. The van der Waals surface area contributed by atoms with Crippen LogP contribution in [0.15, 0.2) is 47.1 Å². The van der Waals surface area contributed by atoms with Gasteiger partial charge in [0.25, 0.3) is 11.7 Å². The van der Waals surface area contributed by atoms with Crippen molar-refractivity contribution < 1.29 is 9.34 Å². The van der Waals surface area contributed by atoms with Crippen molar-refractivity contribution >= 4 is 22.8 Å². The summed E-state index contributed by atoms with van der Waals surface area (Å²) in [7, 11) is 0. The Morgan fingerprint density at radius 1 is 1.33 bits per heavy atom. The Morgan fingerprint density at radius 2 is 2.24 bits per heavy atom. The van der Waals surface area contributed by atoms with Gasteiger partial charge in [-0.3, -0.25) is 15.1 Å². The van der Waals surface area contributed by atoms with E-state index in [1.165, 1.54) is 12.1 Å². The van der Waals surface area contributed by atoms with Gasteiger partial charge in [-0.15, -0.1) is 0 Å². The van der Waals surface area contributed by atoms with Crippen LogP contribution in [0.1, 0.15) is 5.56 Å². The van der Waals surface area contributed by atoms with Gasteiger partial charge >= 0.3 is 0 Å². The average molecular weight is 284 g/mol. The van der Waals surface area contributed by atoms with Gasteiger partial charge in [-0.1, -0.05) is 6.07 Å². The van der Waals surface area contributed by atoms with Crippen molar-refractivity contribution in [1.29, 1.82) is 0 Å². The lowest BCUT2D eigenvalue weighted by Crippen LogP contribution is -2.04. The highest BCUT2D eigenvalue weighted by Gasteiger charge is 2.11. The van der Waals surface area contributed by atoms with Gasteiger partial charge in [-0.05, 0) is 24.1 Å². The Morgan fingerprint density at radius 3 is 3.00 bits per heavy atom. The van der Waals surface area contributed by atoms with Crippen molar-refractivity contribution in [3.05, 3.63) is 58.4 Å². The fraction of sp³-hybridized carbons (Fsp3) is 0.143. The highest BCUT2D eigenvalue weighted by atomic mass is 16.6. The fourth-order valence-corrected chi connectivity index (χ4v) is 1.96. The molecule has 1 N–H and O–H groups in total. The predicted octanol–water partition coefficient (Wildman–Crippen LogP) is 2.79. The second kappa shape index (κ2) is 5.58. The van der Waals surface area contributed by atoms with E-state index >= 15 is 0 Å². The number of nitrogens with zero attached hydrogens (tertiary/aromatic N) is 3. The number of fused-ring (bicyclic) bond motifs is 1. The van der Waals surface area contributed by atoms with Crippen LogP contribution in [-0.4, -0.2) is 21.4 Å². The second-order valence-electron chi connectivity index (χ2n) is 4.47. The van der Waals surface area contributed by atoms with E-state index in [4.69, 9.17) is 4.42 Å². The number of benzene rings is 1. The predicted molar refractivity (Wildman–Crippen MR) is 77.1 cm³/mol. The van der Waals surface area contributed by atoms with Crippen LogP contribution in [0.5, 0.6) is 0 Å². The lowest BCUT2D eigenvalue weighted by Gasteiger charge is -2.00. The van der Waals surface area contributed by atoms with E-state index in [0.29, 0.717) is 23.7 Å². The minimum Gasteiger partial charge on any atom is -0.423 e. The fourth-order valence-electron chi connectivity index (χ4n) is 1.96. The van der Waals surface area contributed by atoms with Crippen LogP contribution in [0.4, 0.5) is 11.7 Å². The van der Waals surface area contributed by atoms with Crippen molar-refractivity contribution in [2.45, 2.75) is 6.42 Å². The van der Waals surface area contributed by atoms with Crippen LogP contribution >= 0.6 is 0 Å². The third-order valence-corrected chi connectivity index (χ3v) is 3.00. The van der Waals surface area contributed by atoms with Gasteiger partial charge < -0.3 is 9.73 Å². The average Bonchev–Trinajstić information content (AvgIpc) is 2.90. The zero-order valence-electron chi connectivity index (χ0n) is 11.0. The molecule has 7 nitrogen and oxygen atoms in total. The van der Waals surface area contributed by atoms with Gasteiger partial charge in [0.1, 0.15) is 5.52 Å². The molecule has 0 amide bonds. The van der Waals surface area contributed by atoms with Crippen LogP contribution in [-0.2, 0) is 6.42 Å². The maximum atomic E-state index is 10.7. The van der Waals surface area contributed by atoms with Crippen molar-refractivity contribution in [2.75, 3.05) is 11.9 Å². The molecule has 0 unspecified atom stereocenters. The minimum atomic E-state index is -0.461. The molecule has 0 saturated heterocycles. The molecular formula is C14H12N4O3. The lowest BCUT2D eigenvalue weighted by molar-refractivity contribution is -0.384. The van der Waals surface area contributed by atoms with Crippen LogP contribution < -0.4 is 5.32 Å². The minimum absolute atomic E-state index is 0.0134. The molecule has 0 fully saturated rings. The third-order valence-electron chi connectivity index (χ3n) is 3.00. The molecule has 21 heavy (non-hydrogen) atoms. The van der Waals surface area contributed by atoms with Crippen LogP contribution in [0.25, 0.3) is 11.1 Å². The van der Waals surface area contributed by atoms with Gasteiger partial charge in [-0.25, -0.2) is 0 Å². The SMILES string of the molecule is O=[N+]([O-])c1ccc2nc(NCCc3cccnc3)oc2c1. The molecule has 0 bridgehead atoms. The van der Waals surface area contributed by atoms with E-state index < -0.39 is 4.92 Å². The molecule has 7 heteroatoms. The van der Waals surface area contributed by atoms with E-state index in [9.17, 15) is 10.1 Å². The highest BCUT2D eigenvalue weighted by Crippen LogP contribution is 2.23. The molecule has 0 aliphatic rings. The number of hydrogen-bond acceptors (Lipinski definition) is 6.